The number of rotatable bonds is 3. The number of furan rings is 1. The lowest BCUT2D eigenvalue weighted by Gasteiger charge is -2.12. The van der Waals surface area contributed by atoms with E-state index in [0.29, 0.717) is 21.7 Å². The molecule has 1 aromatic carbocycles. The van der Waals surface area contributed by atoms with E-state index in [4.69, 9.17) is 9.15 Å². The zero-order valence-electron chi connectivity index (χ0n) is 8.91. The van der Waals surface area contributed by atoms with E-state index in [1.165, 1.54) is 12.1 Å². The highest BCUT2D eigenvalue weighted by molar-refractivity contribution is 9.10. The fourth-order valence-electron chi connectivity index (χ4n) is 1.52. The molecule has 0 radical (unpaired) electrons. The van der Waals surface area contributed by atoms with Gasteiger partial charge in [0, 0.05) is 5.56 Å². The maximum absolute atomic E-state index is 13.2. The third kappa shape index (κ3) is 2.72. The highest BCUT2D eigenvalue weighted by atomic mass is 79.9. The van der Waals surface area contributed by atoms with Crippen LogP contribution in [0.5, 0.6) is 5.75 Å². The van der Waals surface area contributed by atoms with Crippen LogP contribution in [-0.4, -0.2) is 7.11 Å². The van der Waals surface area contributed by atoms with E-state index >= 15 is 0 Å². The van der Waals surface area contributed by atoms with E-state index in [1.807, 2.05) is 6.07 Å². The fraction of sp³-hybridized carbons (Fsp3) is 0.167. The predicted octanol–water partition coefficient (Wildman–Crippen LogP) is 4.67. The summed E-state index contributed by atoms with van der Waals surface area (Å²) in [6.07, 6.45) is 0. The average molecular weight is 364 g/mol. The van der Waals surface area contributed by atoms with Crippen molar-refractivity contribution in [3.63, 3.8) is 0 Å². The Morgan fingerprint density at radius 2 is 2.06 bits per heavy atom. The van der Waals surface area contributed by atoms with Gasteiger partial charge >= 0.3 is 0 Å². The Balaban J connectivity index is 2.42. The number of alkyl halides is 1. The first-order valence-electron chi connectivity index (χ1n) is 4.84. The minimum absolute atomic E-state index is 0.251. The standard InChI is InChI=1S/C12H9Br2FO2/c1-16-9-3-2-7(15)6-8(9)12(14)10-4-5-11(13)17-10/h2-6,12H,1H3. The SMILES string of the molecule is COc1ccc(F)cc1C(Br)c1ccc(Br)o1. The molecule has 17 heavy (non-hydrogen) atoms. The summed E-state index contributed by atoms with van der Waals surface area (Å²) < 4.78 is 24.5. The fourth-order valence-corrected chi connectivity index (χ4v) is 2.44. The summed E-state index contributed by atoms with van der Waals surface area (Å²) in [6.45, 7) is 0. The molecule has 2 nitrogen and oxygen atoms in total. The van der Waals surface area contributed by atoms with Crippen LogP contribution in [-0.2, 0) is 0 Å². The Hall–Kier alpha value is -0.810. The van der Waals surface area contributed by atoms with Gasteiger partial charge in [-0.3, -0.25) is 0 Å². The van der Waals surface area contributed by atoms with Gasteiger partial charge in [-0.15, -0.1) is 0 Å². The van der Waals surface area contributed by atoms with Crippen molar-refractivity contribution in [1.29, 1.82) is 0 Å². The van der Waals surface area contributed by atoms with Crippen LogP contribution < -0.4 is 4.74 Å². The summed E-state index contributed by atoms with van der Waals surface area (Å²) in [5.41, 5.74) is 0.689. The molecule has 0 saturated heterocycles. The molecule has 1 unspecified atom stereocenters. The monoisotopic (exact) mass is 362 g/mol. The smallest absolute Gasteiger partial charge is 0.169 e. The van der Waals surface area contributed by atoms with Gasteiger partial charge in [0.25, 0.3) is 0 Å². The van der Waals surface area contributed by atoms with Crippen molar-refractivity contribution in [2.45, 2.75) is 4.83 Å². The Bertz CT molecular complexity index is 525. The number of benzene rings is 1. The van der Waals surface area contributed by atoms with Gasteiger partial charge in [0.1, 0.15) is 22.2 Å². The predicted molar refractivity (Wildman–Crippen MR) is 70.1 cm³/mol. The normalized spacial score (nSPS) is 12.5. The number of hydrogen-bond donors (Lipinski definition) is 0. The summed E-state index contributed by atoms with van der Waals surface area (Å²) in [4.78, 5) is -0.251. The van der Waals surface area contributed by atoms with Gasteiger partial charge in [-0.2, -0.15) is 0 Å². The lowest BCUT2D eigenvalue weighted by atomic mass is 10.1. The quantitative estimate of drug-likeness (QED) is 0.739. The van der Waals surface area contributed by atoms with E-state index in [1.54, 1.807) is 19.2 Å². The molecule has 0 bridgehead atoms. The zero-order valence-corrected chi connectivity index (χ0v) is 12.1. The summed E-state index contributed by atoms with van der Waals surface area (Å²) in [6, 6.07) is 7.98. The topological polar surface area (TPSA) is 22.4 Å². The second kappa shape index (κ2) is 5.23. The Labute approximate surface area is 115 Å². The second-order valence-electron chi connectivity index (χ2n) is 3.39. The van der Waals surface area contributed by atoms with Crippen LogP contribution in [0.3, 0.4) is 0 Å². The summed E-state index contributed by atoms with van der Waals surface area (Å²) >= 11 is 6.70. The van der Waals surface area contributed by atoms with Crippen molar-refractivity contribution in [3.8, 4) is 5.75 Å². The van der Waals surface area contributed by atoms with Crippen LogP contribution in [0.25, 0.3) is 0 Å². The van der Waals surface area contributed by atoms with Crippen LogP contribution in [0.2, 0.25) is 0 Å². The summed E-state index contributed by atoms with van der Waals surface area (Å²) in [5, 5.41) is 0. The average Bonchev–Trinajstić information content (AvgIpc) is 2.75. The highest BCUT2D eigenvalue weighted by Crippen LogP contribution is 2.38. The molecule has 0 amide bonds. The van der Waals surface area contributed by atoms with E-state index in [2.05, 4.69) is 31.9 Å². The molecule has 0 fully saturated rings. The minimum atomic E-state index is -0.309. The van der Waals surface area contributed by atoms with Crippen molar-refractivity contribution in [2.24, 2.45) is 0 Å². The van der Waals surface area contributed by atoms with Gasteiger partial charge in [-0.1, -0.05) is 15.9 Å². The summed E-state index contributed by atoms with van der Waals surface area (Å²) in [7, 11) is 1.55. The van der Waals surface area contributed by atoms with Gasteiger partial charge in [0.2, 0.25) is 0 Å². The molecule has 0 aliphatic rings. The zero-order chi connectivity index (χ0) is 12.4. The van der Waals surface area contributed by atoms with Crippen LogP contribution in [0, 0.1) is 5.82 Å². The van der Waals surface area contributed by atoms with E-state index in [9.17, 15) is 4.39 Å². The second-order valence-corrected chi connectivity index (χ2v) is 5.09. The Morgan fingerprint density at radius 3 is 2.65 bits per heavy atom. The van der Waals surface area contributed by atoms with Crippen LogP contribution in [0.4, 0.5) is 4.39 Å². The van der Waals surface area contributed by atoms with Crippen LogP contribution in [0.15, 0.2) is 39.4 Å². The Kier molecular flexibility index (Phi) is 3.89. The molecule has 0 spiro atoms. The molecule has 0 aliphatic carbocycles. The molecule has 1 aromatic heterocycles. The number of ether oxygens (including phenoxy) is 1. The molecule has 2 rings (SSSR count). The molecular formula is C12H9Br2FO2. The first-order chi connectivity index (χ1) is 8.11. The third-order valence-corrected chi connectivity index (χ3v) is 3.68. The lowest BCUT2D eigenvalue weighted by molar-refractivity contribution is 0.406. The largest absolute Gasteiger partial charge is 0.496 e. The molecule has 5 heteroatoms. The molecule has 1 heterocycles. The first-order valence-corrected chi connectivity index (χ1v) is 6.55. The lowest BCUT2D eigenvalue weighted by Crippen LogP contribution is -1.96. The molecule has 90 valence electrons. The number of hydrogen-bond acceptors (Lipinski definition) is 2. The molecule has 0 saturated carbocycles. The number of halogens is 3. The molecule has 0 aliphatic heterocycles. The van der Waals surface area contributed by atoms with Crippen LogP contribution >= 0.6 is 31.9 Å². The van der Waals surface area contributed by atoms with Crippen LogP contribution in [0.1, 0.15) is 16.2 Å². The maximum atomic E-state index is 13.2. The van der Waals surface area contributed by atoms with Gasteiger partial charge < -0.3 is 9.15 Å². The number of methoxy groups -OCH3 is 1. The van der Waals surface area contributed by atoms with Gasteiger partial charge in [-0.05, 0) is 46.3 Å². The van der Waals surface area contributed by atoms with E-state index in [-0.39, 0.29) is 10.6 Å². The third-order valence-electron chi connectivity index (χ3n) is 2.31. The molecular weight excluding hydrogens is 355 g/mol. The molecule has 0 N–H and O–H groups in total. The maximum Gasteiger partial charge on any atom is 0.169 e. The summed E-state index contributed by atoms with van der Waals surface area (Å²) in [5.74, 6) is 0.984. The molecule has 1 atom stereocenters. The van der Waals surface area contributed by atoms with Crippen molar-refractivity contribution < 1.29 is 13.5 Å². The Morgan fingerprint density at radius 1 is 1.29 bits per heavy atom. The molecule has 2 aromatic rings. The van der Waals surface area contributed by atoms with E-state index < -0.39 is 0 Å². The van der Waals surface area contributed by atoms with Crippen molar-refractivity contribution in [3.05, 3.63) is 52.1 Å². The highest BCUT2D eigenvalue weighted by Gasteiger charge is 2.19. The first kappa shape index (κ1) is 12.6. The van der Waals surface area contributed by atoms with Crippen molar-refractivity contribution in [2.75, 3.05) is 7.11 Å². The van der Waals surface area contributed by atoms with Crippen molar-refractivity contribution >= 4 is 31.9 Å². The van der Waals surface area contributed by atoms with Gasteiger partial charge in [-0.25, -0.2) is 4.39 Å². The van der Waals surface area contributed by atoms with E-state index in [0.717, 1.165) is 0 Å². The van der Waals surface area contributed by atoms with Crippen molar-refractivity contribution in [1.82, 2.24) is 0 Å². The van der Waals surface area contributed by atoms with Gasteiger partial charge in [0.05, 0.1) is 7.11 Å². The van der Waals surface area contributed by atoms with Gasteiger partial charge in [0.15, 0.2) is 4.67 Å². The minimum Gasteiger partial charge on any atom is -0.496 e.